The summed E-state index contributed by atoms with van der Waals surface area (Å²) in [4.78, 5) is 19.3. The summed E-state index contributed by atoms with van der Waals surface area (Å²) in [5.41, 5.74) is 4.76. The van der Waals surface area contributed by atoms with Crippen molar-refractivity contribution in [3.63, 3.8) is 0 Å². The molecule has 1 unspecified atom stereocenters. The molecule has 0 radical (unpaired) electrons. The Hall–Kier alpha value is -3.17. The quantitative estimate of drug-likeness (QED) is 0.847. The molecule has 1 N–H and O–H groups in total. The fourth-order valence-corrected chi connectivity index (χ4v) is 3.40. The number of aliphatic hydroxyl groups excluding tert-OH is 1. The lowest BCUT2D eigenvalue weighted by molar-refractivity contribution is 0.0680. The average Bonchev–Trinajstić information content (AvgIpc) is 3.11. The molecule has 1 aliphatic heterocycles. The zero-order chi connectivity index (χ0) is 19.4. The van der Waals surface area contributed by atoms with Crippen LogP contribution in [0.2, 0.25) is 0 Å². The maximum absolute atomic E-state index is 12.9. The molecule has 1 aliphatic rings. The second-order valence-electron chi connectivity index (χ2n) is 6.48. The molecule has 6 nitrogen and oxygen atoms in total. The average molecular weight is 363 g/mol. The van der Waals surface area contributed by atoms with E-state index in [-0.39, 0.29) is 18.6 Å². The summed E-state index contributed by atoms with van der Waals surface area (Å²) in [6.07, 6.45) is 0.508. The van der Waals surface area contributed by atoms with Crippen LogP contribution in [-0.4, -0.2) is 47.9 Å². The van der Waals surface area contributed by atoms with Gasteiger partial charge in [0.25, 0.3) is 5.91 Å². The van der Waals surface area contributed by atoms with Crippen LogP contribution in [0.15, 0.2) is 47.6 Å². The van der Waals surface area contributed by atoms with Crippen LogP contribution in [-0.2, 0) is 4.84 Å². The number of carbonyl (C=O) groups is 1. The fraction of sp³-hybridized carbons (Fsp3) is 0.286. The van der Waals surface area contributed by atoms with E-state index in [4.69, 9.17) is 4.84 Å². The molecule has 1 saturated heterocycles. The largest absolute Gasteiger partial charge is 0.399 e. The van der Waals surface area contributed by atoms with Gasteiger partial charge in [0.15, 0.2) is 0 Å². The Kier molecular flexibility index (Phi) is 5.53. The monoisotopic (exact) mass is 363 g/mol. The van der Waals surface area contributed by atoms with E-state index in [9.17, 15) is 15.2 Å². The molecule has 0 aromatic heterocycles. The van der Waals surface area contributed by atoms with E-state index >= 15 is 0 Å². The van der Waals surface area contributed by atoms with Crippen molar-refractivity contribution in [3.8, 4) is 17.2 Å². The molecular formula is C21H21N3O3. The molecular weight excluding hydrogens is 342 g/mol. The SMILES string of the molecule is CON=C1CC(CO)N(C(=O)c2ccc(-c3cccc(C#N)c3C)cc2)C1. The van der Waals surface area contributed by atoms with Gasteiger partial charge in [-0.3, -0.25) is 4.79 Å². The van der Waals surface area contributed by atoms with Crippen molar-refractivity contribution >= 4 is 11.6 Å². The normalized spacial score (nSPS) is 17.8. The summed E-state index contributed by atoms with van der Waals surface area (Å²) < 4.78 is 0. The van der Waals surface area contributed by atoms with Crippen molar-refractivity contribution in [1.82, 2.24) is 4.90 Å². The van der Waals surface area contributed by atoms with Crippen LogP contribution in [0.3, 0.4) is 0 Å². The predicted molar refractivity (Wildman–Crippen MR) is 102 cm³/mol. The lowest BCUT2D eigenvalue weighted by Gasteiger charge is -2.22. The summed E-state index contributed by atoms with van der Waals surface area (Å²) in [6.45, 7) is 2.15. The van der Waals surface area contributed by atoms with Crippen LogP contribution in [0.5, 0.6) is 0 Å². The molecule has 3 rings (SSSR count). The van der Waals surface area contributed by atoms with Crippen molar-refractivity contribution < 1.29 is 14.7 Å². The van der Waals surface area contributed by atoms with E-state index < -0.39 is 0 Å². The van der Waals surface area contributed by atoms with E-state index in [0.29, 0.717) is 24.1 Å². The van der Waals surface area contributed by atoms with E-state index in [1.807, 2.05) is 31.2 Å². The number of benzene rings is 2. The standard InChI is InChI=1S/C21H21N3O3/c1-14-17(11-22)4-3-5-20(14)15-6-8-16(9-7-15)21(26)24-12-18(23-27-2)10-19(24)13-25/h3-9,19,25H,10,12-13H2,1-2H3. The molecule has 1 atom stereocenters. The van der Waals surface area contributed by atoms with Gasteiger partial charge in [0.05, 0.1) is 36.5 Å². The maximum Gasteiger partial charge on any atom is 0.254 e. The second kappa shape index (κ2) is 8.02. The highest BCUT2D eigenvalue weighted by molar-refractivity contribution is 6.00. The Morgan fingerprint density at radius 3 is 2.70 bits per heavy atom. The molecule has 1 heterocycles. The van der Waals surface area contributed by atoms with Crippen molar-refractivity contribution in [2.45, 2.75) is 19.4 Å². The minimum Gasteiger partial charge on any atom is -0.399 e. The molecule has 0 saturated carbocycles. The fourth-order valence-electron chi connectivity index (χ4n) is 3.40. The van der Waals surface area contributed by atoms with Gasteiger partial charge in [-0.25, -0.2) is 0 Å². The van der Waals surface area contributed by atoms with Crippen LogP contribution in [0.1, 0.15) is 27.9 Å². The third-order valence-electron chi connectivity index (χ3n) is 4.85. The van der Waals surface area contributed by atoms with Gasteiger partial charge in [-0.15, -0.1) is 0 Å². The number of nitrogens with zero attached hydrogens (tertiary/aromatic N) is 3. The van der Waals surface area contributed by atoms with E-state index in [1.165, 1.54) is 7.11 Å². The van der Waals surface area contributed by atoms with Crippen LogP contribution in [0.4, 0.5) is 0 Å². The maximum atomic E-state index is 12.9. The van der Waals surface area contributed by atoms with Gasteiger partial charge in [0.2, 0.25) is 0 Å². The van der Waals surface area contributed by atoms with Gasteiger partial charge in [-0.1, -0.05) is 29.4 Å². The van der Waals surface area contributed by atoms with Gasteiger partial charge in [-0.05, 0) is 41.8 Å². The predicted octanol–water partition coefficient (Wildman–Crippen LogP) is 2.74. The molecule has 27 heavy (non-hydrogen) atoms. The summed E-state index contributed by atoms with van der Waals surface area (Å²) in [6, 6.07) is 14.8. The van der Waals surface area contributed by atoms with E-state index in [2.05, 4.69) is 11.2 Å². The van der Waals surface area contributed by atoms with Crippen molar-refractivity contribution in [2.24, 2.45) is 5.16 Å². The van der Waals surface area contributed by atoms with Gasteiger partial charge in [0.1, 0.15) is 7.11 Å². The first-order valence-corrected chi connectivity index (χ1v) is 8.70. The van der Waals surface area contributed by atoms with E-state index in [0.717, 1.165) is 22.4 Å². The van der Waals surface area contributed by atoms with Crippen molar-refractivity contribution in [3.05, 3.63) is 59.2 Å². The van der Waals surface area contributed by atoms with Gasteiger partial charge >= 0.3 is 0 Å². The Balaban J connectivity index is 1.84. The number of rotatable bonds is 4. The molecule has 0 spiro atoms. The Bertz CT molecular complexity index is 913. The van der Waals surface area contributed by atoms with E-state index in [1.54, 1.807) is 23.1 Å². The topological polar surface area (TPSA) is 85.9 Å². The molecule has 2 aromatic carbocycles. The van der Waals surface area contributed by atoms with Gasteiger partial charge in [-0.2, -0.15) is 5.26 Å². The number of carbonyl (C=O) groups excluding carboxylic acids is 1. The molecule has 6 heteroatoms. The first-order chi connectivity index (χ1) is 13.1. The Morgan fingerprint density at radius 2 is 2.07 bits per heavy atom. The van der Waals surface area contributed by atoms with Crippen LogP contribution in [0, 0.1) is 18.3 Å². The molecule has 0 bridgehead atoms. The zero-order valence-corrected chi connectivity index (χ0v) is 15.3. The van der Waals surface area contributed by atoms with Gasteiger partial charge < -0.3 is 14.8 Å². The third-order valence-corrected chi connectivity index (χ3v) is 4.85. The Labute approximate surface area is 158 Å². The number of oxime groups is 1. The number of hydrogen-bond acceptors (Lipinski definition) is 5. The van der Waals surface area contributed by atoms with Crippen LogP contribution in [0.25, 0.3) is 11.1 Å². The van der Waals surface area contributed by atoms with Crippen molar-refractivity contribution in [2.75, 3.05) is 20.3 Å². The lowest BCUT2D eigenvalue weighted by atomic mass is 9.96. The number of aliphatic hydroxyl groups is 1. The summed E-state index contributed by atoms with van der Waals surface area (Å²) in [7, 11) is 1.47. The lowest BCUT2D eigenvalue weighted by Crippen LogP contribution is -2.37. The highest BCUT2D eigenvalue weighted by Crippen LogP contribution is 2.26. The number of hydrogen-bond donors (Lipinski definition) is 1. The number of nitriles is 1. The molecule has 0 aliphatic carbocycles. The smallest absolute Gasteiger partial charge is 0.254 e. The second-order valence-corrected chi connectivity index (χ2v) is 6.48. The zero-order valence-electron chi connectivity index (χ0n) is 15.3. The minimum atomic E-state index is -0.291. The Morgan fingerprint density at radius 1 is 1.33 bits per heavy atom. The van der Waals surface area contributed by atoms with Crippen molar-refractivity contribution in [1.29, 1.82) is 5.26 Å². The van der Waals surface area contributed by atoms with Crippen LogP contribution < -0.4 is 0 Å². The first kappa shape index (κ1) is 18.6. The molecule has 1 amide bonds. The van der Waals surface area contributed by atoms with Gasteiger partial charge in [0, 0.05) is 12.0 Å². The minimum absolute atomic E-state index is 0.118. The third kappa shape index (κ3) is 3.69. The molecule has 138 valence electrons. The summed E-state index contributed by atoms with van der Waals surface area (Å²) in [5, 5.41) is 22.7. The molecule has 2 aromatic rings. The summed E-state index contributed by atoms with van der Waals surface area (Å²) >= 11 is 0. The highest BCUT2D eigenvalue weighted by Gasteiger charge is 2.33. The number of amides is 1. The highest BCUT2D eigenvalue weighted by atomic mass is 16.6. The van der Waals surface area contributed by atoms with Crippen LogP contribution >= 0.6 is 0 Å². The molecule has 1 fully saturated rings. The summed E-state index contributed by atoms with van der Waals surface area (Å²) in [5.74, 6) is -0.149. The number of likely N-dealkylation sites (tertiary alicyclic amines) is 1. The first-order valence-electron chi connectivity index (χ1n) is 8.70.